The molecule has 1 aromatic rings. The van der Waals surface area contributed by atoms with Crippen LogP contribution in [0.25, 0.3) is 0 Å². The molecule has 1 rings (SSSR count). The Morgan fingerprint density at radius 2 is 2.17 bits per heavy atom. The molecule has 0 heterocycles. The largest absolute Gasteiger partial charge is 0.496 e. The summed E-state index contributed by atoms with van der Waals surface area (Å²) in [5.74, 6) is 1.10. The molecule has 3 nitrogen and oxygen atoms in total. The fourth-order valence-electron chi connectivity index (χ4n) is 1.49. The van der Waals surface area contributed by atoms with Crippen LogP contribution in [0.3, 0.4) is 0 Å². The van der Waals surface area contributed by atoms with Gasteiger partial charge >= 0.3 is 0 Å². The number of methoxy groups -OCH3 is 1. The third-order valence-electron chi connectivity index (χ3n) is 2.59. The first-order valence-corrected chi connectivity index (χ1v) is 6.94. The summed E-state index contributed by atoms with van der Waals surface area (Å²) in [4.78, 5) is 12.1. The molecule has 0 radical (unpaired) electrons. The zero-order valence-corrected chi connectivity index (χ0v) is 13.1. The maximum Gasteiger partial charge on any atom is 0.251 e. The Morgan fingerprint density at radius 1 is 1.50 bits per heavy atom. The van der Waals surface area contributed by atoms with Crippen molar-refractivity contribution in [1.82, 2.24) is 5.32 Å². The lowest BCUT2D eigenvalue weighted by atomic mass is 10.0. The van der Waals surface area contributed by atoms with Crippen molar-refractivity contribution in [2.75, 3.05) is 13.0 Å². The Bertz CT molecular complexity index is 435. The zero-order chi connectivity index (χ0) is 13.8. The summed E-state index contributed by atoms with van der Waals surface area (Å²) in [5, 5.41) is 2.95. The molecule has 18 heavy (non-hydrogen) atoms. The van der Waals surface area contributed by atoms with Crippen LogP contribution in [0.2, 0.25) is 0 Å². The van der Waals surface area contributed by atoms with Gasteiger partial charge in [-0.3, -0.25) is 4.79 Å². The molecular weight excluding hydrogens is 318 g/mol. The smallest absolute Gasteiger partial charge is 0.251 e. The molecule has 0 bridgehead atoms. The van der Waals surface area contributed by atoms with E-state index in [-0.39, 0.29) is 11.4 Å². The second-order valence-corrected chi connectivity index (χ2v) is 5.86. The number of amides is 1. The molecule has 0 saturated carbocycles. The quantitative estimate of drug-likeness (QED) is 0.836. The molecular formula is C13H17BrClNO2. The van der Waals surface area contributed by atoms with E-state index in [0.29, 0.717) is 17.2 Å². The van der Waals surface area contributed by atoms with Crippen molar-refractivity contribution >= 4 is 33.4 Å². The highest BCUT2D eigenvalue weighted by Crippen LogP contribution is 2.25. The average molecular weight is 335 g/mol. The Hall–Kier alpha value is -0.740. The molecule has 0 aromatic heterocycles. The number of carbonyl (C=O) groups excluding carboxylic acids is 1. The number of halogens is 2. The van der Waals surface area contributed by atoms with Crippen molar-refractivity contribution in [2.24, 2.45) is 0 Å². The minimum Gasteiger partial charge on any atom is -0.496 e. The SMILES string of the molecule is COc1ccc(C(=O)NC(C)(C)CCCl)cc1Br. The monoisotopic (exact) mass is 333 g/mol. The van der Waals surface area contributed by atoms with E-state index in [0.717, 1.165) is 10.9 Å². The Kier molecular flexibility index (Phi) is 5.47. The third-order valence-corrected chi connectivity index (χ3v) is 3.39. The Labute approximate surface area is 121 Å². The number of alkyl halides is 1. The number of rotatable bonds is 5. The van der Waals surface area contributed by atoms with Crippen molar-refractivity contribution < 1.29 is 9.53 Å². The first-order chi connectivity index (χ1) is 8.39. The molecule has 0 aliphatic heterocycles. The van der Waals surface area contributed by atoms with Gasteiger partial charge < -0.3 is 10.1 Å². The molecule has 1 N–H and O–H groups in total. The molecule has 0 aliphatic carbocycles. The summed E-state index contributed by atoms with van der Waals surface area (Å²) in [6, 6.07) is 5.23. The zero-order valence-electron chi connectivity index (χ0n) is 10.7. The molecule has 0 fully saturated rings. The maximum absolute atomic E-state index is 12.1. The van der Waals surface area contributed by atoms with Crippen LogP contribution < -0.4 is 10.1 Å². The van der Waals surface area contributed by atoms with Gasteiger partial charge in [-0.25, -0.2) is 0 Å². The first kappa shape index (κ1) is 15.3. The minimum absolute atomic E-state index is 0.117. The molecule has 0 atom stereocenters. The van der Waals surface area contributed by atoms with Crippen LogP contribution in [0.1, 0.15) is 30.6 Å². The highest BCUT2D eigenvalue weighted by molar-refractivity contribution is 9.10. The second kappa shape index (κ2) is 6.43. The van der Waals surface area contributed by atoms with Gasteiger partial charge in [-0.05, 0) is 54.4 Å². The van der Waals surface area contributed by atoms with Crippen LogP contribution >= 0.6 is 27.5 Å². The normalized spacial score (nSPS) is 11.2. The lowest BCUT2D eigenvalue weighted by Crippen LogP contribution is -2.43. The topological polar surface area (TPSA) is 38.3 Å². The van der Waals surface area contributed by atoms with Crippen molar-refractivity contribution in [3.05, 3.63) is 28.2 Å². The van der Waals surface area contributed by atoms with E-state index in [1.165, 1.54) is 0 Å². The van der Waals surface area contributed by atoms with E-state index >= 15 is 0 Å². The fourth-order valence-corrected chi connectivity index (χ4v) is 2.50. The van der Waals surface area contributed by atoms with Gasteiger partial charge in [0.2, 0.25) is 0 Å². The highest BCUT2D eigenvalue weighted by atomic mass is 79.9. The van der Waals surface area contributed by atoms with Crippen LogP contribution in [0, 0.1) is 0 Å². The van der Waals surface area contributed by atoms with E-state index in [1.807, 2.05) is 13.8 Å². The summed E-state index contributed by atoms with van der Waals surface area (Å²) in [6.45, 7) is 3.90. The van der Waals surface area contributed by atoms with Gasteiger partial charge in [-0.1, -0.05) is 0 Å². The van der Waals surface area contributed by atoms with Crippen molar-refractivity contribution in [1.29, 1.82) is 0 Å². The number of hydrogen-bond donors (Lipinski definition) is 1. The van der Waals surface area contributed by atoms with Crippen LogP contribution in [0.4, 0.5) is 0 Å². The standard InChI is InChI=1S/C13H17BrClNO2/c1-13(2,6-7-15)16-12(17)9-4-5-11(18-3)10(14)8-9/h4-5,8H,6-7H2,1-3H3,(H,16,17). The van der Waals surface area contributed by atoms with Gasteiger partial charge in [0.1, 0.15) is 5.75 Å². The third kappa shape index (κ3) is 4.18. The predicted octanol–water partition coefficient (Wildman–Crippen LogP) is 3.60. The van der Waals surface area contributed by atoms with Crippen LogP contribution in [-0.4, -0.2) is 24.4 Å². The summed E-state index contributed by atoms with van der Waals surface area (Å²) in [6.07, 6.45) is 0.720. The van der Waals surface area contributed by atoms with Gasteiger partial charge in [-0.15, -0.1) is 11.6 Å². The van der Waals surface area contributed by atoms with Crippen molar-refractivity contribution in [3.8, 4) is 5.75 Å². The molecule has 1 amide bonds. The van der Waals surface area contributed by atoms with E-state index in [2.05, 4.69) is 21.2 Å². The molecule has 0 saturated heterocycles. The maximum atomic E-state index is 12.1. The van der Waals surface area contributed by atoms with Crippen LogP contribution in [0.5, 0.6) is 5.75 Å². The van der Waals surface area contributed by atoms with E-state index in [4.69, 9.17) is 16.3 Å². The van der Waals surface area contributed by atoms with Crippen LogP contribution in [-0.2, 0) is 0 Å². The Morgan fingerprint density at radius 3 is 2.67 bits per heavy atom. The second-order valence-electron chi connectivity index (χ2n) is 4.63. The number of ether oxygens (including phenoxy) is 1. The van der Waals surface area contributed by atoms with E-state index in [9.17, 15) is 4.79 Å². The average Bonchev–Trinajstić information content (AvgIpc) is 2.28. The summed E-state index contributed by atoms with van der Waals surface area (Å²) < 4.78 is 5.88. The van der Waals surface area contributed by atoms with Gasteiger partial charge in [0, 0.05) is 17.0 Å². The van der Waals surface area contributed by atoms with Gasteiger partial charge in [-0.2, -0.15) is 0 Å². The molecule has 0 unspecified atom stereocenters. The lowest BCUT2D eigenvalue weighted by molar-refractivity contribution is 0.0911. The summed E-state index contributed by atoms with van der Waals surface area (Å²) in [5.41, 5.74) is 0.274. The fraction of sp³-hybridized carbons (Fsp3) is 0.462. The van der Waals surface area contributed by atoms with Gasteiger partial charge in [0.05, 0.1) is 11.6 Å². The number of carbonyl (C=O) groups is 1. The summed E-state index contributed by atoms with van der Waals surface area (Å²) in [7, 11) is 1.59. The predicted molar refractivity (Wildman–Crippen MR) is 77.6 cm³/mol. The molecule has 0 aliphatic rings. The van der Waals surface area contributed by atoms with Gasteiger partial charge in [0.25, 0.3) is 5.91 Å². The van der Waals surface area contributed by atoms with E-state index < -0.39 is 0 Å². The summed E-state index contributed by atoms with van der Waals surface area (Å²) >= 11 is 9.06. The molecule has 1 aromatic carbocycles. The number of benzene rings is 1. The van der Waals surface area contributed by atoms with E-state index in [1.54, 1.807) is 25.3 Å². The number of hydrogen-bond acceptors (Lipinski definition) is 2. The van der Waals surface area contributed by atoms with Crippen LogP contribution in [0.15, 0.2) is 22.7 Å². The van der Waals surface area contributed by atoms with Crippen molar-refractivity contribution in [3.63, 3.8) is 0 Å². The highest BCUT2D eigenvalue weighted by Gasteiger charge is 2.20. The first-order valence-electron chi connectivity index (χ1n) is 5.61. The number of nitrogens with one attached hydrogen (secondary N) is 1. The molecule has 5 heteroatoms. The van der Waals surface area contributed by atoms with Crippen molar-refractivity contribution in [2.45, 2.75) is 25.8 Å². The minimum atomic E-state index is -0.314. The van der Waals surface area contributed by atoms with Gasteiger partial charge in [0.15, 0.2) is 0 Å². The molecule has 0 spiro atoms. The molecule has 100 valence electrons. The Balaban J connectivity index is 2.82. The lowest BCUT2D eigenvalue weighted by Gasteiger charge is -2.25.